The zero-order valence-electron chi connectivity index (χ0n) is 14.7. The lowest BCUT2D eigenvalue weighted by molar-refractivity contribution is -0.121. The number of hydrogen-bond acceptors (Lipinski definition) is 4. The molecular weight excluding hydrogens is 306 g/mol. The maximum Gasteiger partial charge on any atom is 0.409 e. The van der Waals surface area contributed by atoms with E-state index in [1.165, 1.54) is 5.56 Å². The van der Waals surface area contributed by atoms with E-state index in [1.54, 1.807) is 11.8 Å². The van der Waals surface area contributed by atoms with Crippen molar-refractivity contribution >= 4 is 17.7 Å². The van der Waals surface area contributed by atoms with Gasteiger partial charge in [-0.2, -0.15) is 0 Å². The molecule has 1 saturated heterocycles. The third-order valence-corrected chi connectivity index (χ3v) is 4.40. The predicted octanol–water partition coefficient (Wildman–Crippen LogP) is 2.35. The van der Waals surface area contributed by atoms with Gasteiger partial charge in [0, 0.05) is 31.9 Å². The Balaban J connectivity index is 1.84. The molecule has 1 N–H and O–H groups in total. The monoisotopic (exact) mass is 333 g/mol. The van der Waals surface area contributed by atoms with Crippen molar-refractivity contribution in [3.8, 4) is 0 Å². The molecule has 1 fully saturated rings. The van der Waals surface area contributed by atoms with Crippen LogP contribution in [0.4, 0.5) is 10.5 Å². The Morgan fingerprint density at radius 1 is 1.12 bits per heavy atom. The lowest BCUT2D eigenvalue weighted by atomic mass is 10.1. The summed E-state index contributed by atoms with van der Waals surface area (Å²) in [5.74, 6) is -0.0242. The fourth-order valence-corrected chi connectivity index (χ4v) is 2.74. The van der Waals surface area contributed by atoms with Crippen LogP contribution < -0.4 is 5.32 Å². The van der Waals surface area contributed by atoms with Crippen LogP contribution in [0.2, 0.25) is 0 Å². The van der Waals surface area contributed by atoms with E-state index in [4.69, 9.17) is 4.74 Å². The van der Waals surface area contributed by atoms with Gasteiger partial charge in [-0.25, -0.2) is 4.79 Å². The first-order chi connectivity index (χ1) is 11.5. The van der Waals surface area contributed by atoms with Crippen molar-refractivity contribution in [2.24, 2.45) is 0 Å². The lowest BCUT2D eigenvalue weighted by Crippen LogP contribution is -2.54. The molecule has 0 radical (unpaired) electrons. The van der Waals surface area contributed by atoms with E-state index in [1.807, 2.05) is 31.2 Å². The number of nitrogens with zero attached hydrogens (tertiary/aromatic N) is 2. The van der Waals surface area contributed by atoms with Crippen LogP contribution in [0.1, 0.15) is 26.3 Å². The maximum absolute atomic E-state index is 12.4. The summed E-state index contributed by atoms with van der Waals surface area (Å²) in [4.78, 5) is 27.9. The molecule has 1 aliphatic rings. The minimum Gasteiger partial charge on any atom is -0.450 e. The Kier molecular flexibility index (Phi) is 6.61. The normalized spacial score (nSPS) is 16.5. The molecule has 0 unspecified atom stereocenters. The van der Waals surface area contributed by atoms with Crippen LogP contribution in [0.5, 0.6) is 0 Å². The van der Waals surface area contributed by atoms with Crippen LogP contribution in [0.25, 0.3) is 0 Å². The molecule has 1 aromatic rings. The molecule has 6 heteroatoms. The molecule has 0 saturated carbocycles. The standard InChI is InChI=1S/C18H27N3O3/c1-4-15-6-8-16(9-7-15)19-17(22)14(3)20-10-12-21(13-11-20)18(23)24-5-2/h6-9,14H,4-5,10-13H2,1-3H3,(H,19,22)/t14-/m1/s1. The van der Waals surface area contributed by atoms with E-state index >= 15 is 0 Å². The summed E-state index contributed by atoms with van der Waals surface area (Å²) >= 11 is 0. The van der Waals surface area contributed by atoms with E-state index < -0.39 is 0 Å². The van der Waals surface area contributed by atoms with Gasteiger partial charge in [-0.3, -0.25) is 9.69 Å². The molecule has 0 aliphatic carbocycles. The summed E-state index contributed by atoms with van der Waals surface area (Å²) in [6.07, 6.45) is 0.709. The first kappa shape index (κ1) is 18.3. The summed E-state index contributed by atoms with van der Waals surface area (Å²) in [5.41, 5.74) is 2.06. The second-order valence-corrected chi connectivity index (χ2v) is 5.94. The van der Waals surface area contributed by atoms with Crippen molar-refractivity contribution < 1.29 is 14.3 Å². The molecule has 24 heavy (non-hydrogen) atoms. The van der Waals surface area contributed by atoms with Crippen molar-refractivity contribution in [3.05, 3.63) is 29.8 Å². The van der Waals surface area contributed by atoms with E-state index in [0.29, 0.717) is 32.8 Å². The molecular formula is C18H27N3O3. The van der Waals surface area contributed by atoms with Gasteiger partial charge in [-0.15, -0.1) is 0 Å². The summed E-state index contributed by atoms with van der Waals surface area (Å²) < 4.78 is 5.01. The number of amides is 2. The number of benzene rings is 1. The third kappa shape index (κ3) is 4.71. The Morgan fingerprint density at radius 2 is 1.75 bits per heavy atom. The van der Waals surface area contributed by atoms with Gasteiger partial charge in [-0.05, 0) is 38.0 Å². The molecule has 2 rings (SSSR count). The number of carbonyl (C=O) groups is 2. The van der Waals surface area contributed by atoms with Gasteiger partial charge in [0.15, 0.2) is 0 Å². The molecule has 1 aliphatic heterocycles. The van der Waals surface area contributed by atoms with Gasteiger partial charge in [0.1, 0.15) is 0 Å². The van der Waals surface area contributed by atoms with Crippen LogP contribution in [0, 0.1) is 0 Å². The van der Waals surface area contributed by atoms with E-state index in [2.05, 4.69) is 17.1 Å². The van der Waals surface area contributed by atoms with Crippen LogP contribution in [0.3, 0.4) is 0 Å². The summed E-state index contributed by atoms with van der Waals surface area (Å²) in [7, 11) is 0. The molecule has 6 nitrogen and oxygen atoms in total. The highest BCUT2D eigenvalue weighted by Crippen LogP contribution is 2.13. The molecule has 1 heterocycles. The van der Waals surface area contributed by atoms with Gasteiger partial charge in [-0.1, -0.05) is 19.1 Å². The predicted molar refractivity (Wildman–Crippen MR) is 94.1 cm³/mol. The smallest absolute Gasteiger partial charge is 0.409 e. The summed E-state index contributed by atoms with van der Waals surface area (Å²) in [6, 6.07) is 7.68. The Bertz CT molecular complexity index is 551. The Labute approximate surface area is 143 Å². The molecule has 0 aromatic heterocycles. The molecule has 0 bridgehead atoms. The zero-order chi connectivity index (χ0) is 17.5. The minimum atomic E-state index is -0.273. The van der Waals surface area contributed by atoms with E-state index in [-0.39, 0.29) is 18.0 Å². The second kappa shape index (κ2) is 8.68. The van der Waals surface area contributed by atoms with Gasteiger partial charge in [0.05, 0.1) is 12.6 Å². The number of aryl methyl sites for hydroxylation is 1. The van der Waals surface area contributed by atoms with Gasteiger partial charge in [0.2, 0.25) is 5.91 Å². The SMILES string of the molecule is CCOC(=O)N1CCN([C@H](C)C(=O)Nc2ccc(CC)cc2)CC1. The van der Waals surface area contributed by atoms with Crippen molar-refractivity contribution in [3.63, 3.8) is 0 Å². The number of anilines is 1. The fourth-order valence-electron chi connectivity index (χ4n) is 2.74. The van der Waals surface area contributed by atoms with Crippen LogP contribution in [-0.4, -0.2) is 60.6 Å². The zero-order valence-corrected chi connectivity index (χ0v) is 14.7. The first-order valence-electron chi connectivity index (χ1n) is 8.60. The van der Waals surface area contributed by atoms with Gasteiger partial charge in [0.25, 0.3) is 0 Å². The van der Waals surface area contributed by atoms with Gasteiger partial charge < -0.3 is 15.0 Å². The number of ether oxygens (including phenoxy) is 1. The Hall–Kier alpha value is -2.08. The number of rotatable bonds is 5. The fraction of sp³-hybridized carbons (Fsp3) is 0.556. The van der Waals surface area contributed by atoms with Crippen LogP contribution >= 0.6 is 0 Å². The van der Waals surface area contributed by atoms with E-state index in [9.17, 15) is 9.59 Å². The molecule has 1 aromatic carbocycles. The highest BCUT2D eigenvalue weighted by molar-refractivity contribution is 5.94. The highest BCUT2D eigenvalue weighted by Gasteiger charge is 2.27. The molecule has 2 amide bonds. The number of hydrogen-bond donors (Lipinski definition) is 1. The minimum absolute atomic E-state index is 0.0242. The highest BCUT2D eigenvalue weighted by atomic mass is 16.6. The van der Waals surface area contributed by atoms with Crippen molar-refractivity contribution in [2.75, 3.05) is 38.1 Å². The summed E-state index contributed by atoms with van der Waals surface area (Å²) in [6.45, 7) is 8.69. The van der Waals surface area contributed by atoms with Gasteiger partial charge >= 0.3 is 6.09 Å². The average molecular weight is 333 g/mol. The Morgan fingerprint density at radius 3 is 2.29 bits per heavy atom. The maximum atomic E-state index is 12.4. The first-order valence-corrected chi connectivity index (χ1v) is 8.60. The number of carbonyl (C=O) groups excluding carboxylic acids is 2. The van der Waals surface area contributed by atoms with E-state index in [0.717, 1.165) is 12.1 Å². The summed E-state index contributed by atoms with van der Waals surface area (Å²) in [5, 5.41) is 2.96. The largest absolute Gasteiger partial charge is 0.450 e. The second-order valence-electron chi connectivity index (χ2n) is 5.94. The lowest BCUT2D eigenvalue weighted by Gasteiger charge is -2.36. The molecule has 132 valence electrons. The van der Waals surface area contributed by atoms with Crippen molar-refractivity contribution in [1.82, 2.24) is 9.80 Å². The number of piperazine rings is 1. The van der Waals surface area contributed by atoms with Crippen LogP contribution in [0.15, 0.2) is 24.3 Å². The average Bonchev–Trinajstić information content (AvgIpc) is 2.62. The number of nitrogens with one attached hydrogen (secondary N) is 1. The topological polar surface area (TPSA) is 61.9 Å². The van der Waals surface area contributed by atoms with Crippen molar-refractivity contribution in [2.45, 2.75) is 33.2 Å². The van der Waals surface area contributed by atoms with Crippen LogP contribution in [-0.2, 0) is 16.0 Å². The molecule has 0 spiro atoms. The quantitative estimate of drug-likeness (QED) is 0.898. The van der Waals surface area contributed by atoms with Crippen molar-refractivity contribution in [1.29, 1.82) is 0 Å². The molecule has 1 atom stereocenters. The third-order valence-electron chi connectivity index (χ3n) is 4.40.